The number of rotatable bonds is 5. The van der Waals surface area contributed by atoms with Crippen LogP contribution < -0.4 is 9.47 Å². The van der Waals surface area contributed by atoms with E-state index in [0.717, 1.165) is 5.56 Å². The lowest BCUT2D eigenvalue weighted by molar-refractivity contribution is 0.0693. The molecule has 1 aliphatic carbocycles. The first-order valence-electron chi connectivity index (χ1n) is 9.32. The van der Waals surface area contributed by atoms with Gasteiger partial charge in [-0.15, -0.1) is 0 Å². The third-order valence-corrected chi connectivity index (χ3v) is 5.73. The number of fused-ring (bicyclic) bond motifs is 1. The number of hydrogen-bond acceptors (Lipinski definition) is 3. The Balaban J connectivity index is 1.83. The molecule has 2 aromatic rings. The quantitative estimate of drug-likeness (QED) is 0.776. The van der Waals surface area contributed by atoms with Gasteiger partial charge in [-0.2, -0.15) is 0 Å². The summed E-state index contributed by atoms with van der Waals surface area (Å²) in [6, 6.07) is 11.4. The van der Waals surface area contributed by atoms with Gasteiger partial charge >= 0.3 is 5.97 Å². The average Bonchev–Trinajstić information content (AvgIpc) is 2.63. The molecule has 0 fully saturated rings. The van der Waals surface area contributed by atoms with Gasteiger partial charge in [-0.25, -0.2) is 4.79 Å². The predicted octanol–water partition coefficient (Wildman–Crippen LogP) is 5.32. The molecule has 0 heterocycles. The SMILES string of the molecule is COc1cc(OCc2ccc3c(c2)C(C)(C)CCC3(C)C)ccc1C(=O)O. The maximum absolute atomic E-state index is 11.2. The minimum Gasteiger partial charge on any atom is -0.496 e. The Morgan fingerprint density at radius 3 is 2.30 bits per heavy atom. The van der Waals surface area contributed by atoms with Gasteiger partial charge in [0.25, 0.3) is 0 Å². The lowest BCUT2D eigenvalue weighted by atomic mass is 9.63. The van der Waals surface area contributed by atoms with Gasteiger partial charge in [0, 0.05) is 6.07 Å². The second kappa shape index (κ2) is 6.91. The van der Waals surface area contributed by atoms with Crippen LogP contribution in [-0.2, 0) is 17.4 Å². The van der Waals surface area contributed by atoms with Crippen molar-refractivity contribution in [3.05, 3.63) is 58.7 Å². The Morgan fingerprint density at radius 2 is 1.67 bits per heavy atom. The van der Waals surface area contributed by atoms with Crippen molar-refractivity contribution in [2.75, 3.05) is 7.11 Å². The maximum Gasteiger partial charge on any atom is 0.339 e. The molecule has 0 unspecified atom stereocenters. The average molecular weight is 368 g/mol. The Hall–Kier alpha value is -2.49. The molecule has 1 N–H and O–H groups in total. The van der Waals surface area contributed by atoms with Gasteiger partial charge < -0.3 is 14.6 Å². The molecule has 4 nitrogen and oxygen atoms in total. The number of carboxylic acid groups (broad SMARTS) is 1. The number of carbonyl (C=O) groups is 1. The lowest BCUT2D eigenvalue weighted by Gasteiger charge is -2.42. The lowest BCUT2D eigenvalue weighted by Crippen LogP contribution is -2.33. The van der Waals surface area contributed by atoms with E-state index in [0.29, 0.717) is 18.1 Å². The van der Waals surface area contributed by atoms with Crippen LogP contribution in [0.15, 0.2) is 36.4 Å². The van der Waals surface area contributed by atoms with Crippen molar-refractivity contribution < 1.29 is 19.4 Å². The Kier molecular flexibility index (Phi) is 4.94. The van der Waals surface area contributed by atoms with Crippen molar-refractivity contribution in [1.29, 1.82) is 0 Å². The molecule has 0 saturated heterocycles. The van der Waals surface area contributed by atoms with Gasteiger partial charge in [0.15, 0.2) is 0 Å². The first-order chi connectivity index (χ1) is 12.6. The summed E-state index contributed by atoms with van der Waals surface area (Å²) in [7, 11) is 1.46. The summed E-state index contributed by atoms with van der Waals surface area (Å²) in [4.78, 5) is 11.2. The summed E-state index contributed by atoms with van der Waals surface area (Å²) in [6.07, 6.45) is 2.36. The fourth-order valence-corrected chi connectivity index (χ4v) is 3.83. The van der Waals surface area contributed by atoms with Gasteiger partial charge in [-0.1, -0.05) is 45.9 Å². The Labute approximate surface area is 161 Å². The number of methoxy groups -OCH3 is 1. The third-order valence-electron chi connectivity index (χ3n) is 5.73. The van der Waals surface area contributed by atoms with E-state index in [4.69, 9.17) is 9.47 Å². The number of ether oxygens (including phenoxy) is 2. The van der Waals surface area contributed by atoms with Crippen molar-refractivity contribution in [1.82, 2.24) is 0 Å². The largest absolute Gasteiger partial charge is 0.496 e. The van der Waals surface area contributed by atoms with Crippen molar-refractivity contribution in [2.45, 2.75) is 58.0 Å². The van der Waals surface area contributed by atoms with Crippen LogP contribution in [0.1, 0.15) is 67.6 Å². The van der Waals surface area contributed by atoms with Gasteiger partial charge in [-0.05, 0) is 52.5 Å². The molecule has 2 aromatic carbocycles. The standard InChI is InChI=1S/C23H28O4/c1-22(2)10-11-23(3,4)19-12-15(6-9-18(19)22)14-27-16-7-8-17(21(24)25)20(13-16)26-5/h6-9,12-13H,10-11,14H2,1-5H3,(H,24,25). The zero-order valence-corrected chi connectivity index (χ0v) is 16.8. The van der Waals surface area contributed by atoms with Crippen LogP contribution in [0.2, 0.25) is 0 Å². The van der Waals surface area contributed by atoms with Crippen molar-refractivity contribution in [3.63, 3.8) is 0 Å². The molecule has 0 bridgehead atoms. The van der Waals surface area contributed by atoms with Crippen molar-refractivity contribution in [3.8, 4) is 11.5 Å². The van der Waals surface area contributed by atoms with Crippen LogP contribution in [0.25, 0.3) is 0 Å². The second-order valence-electron chi connectivity index (χ2n) is 8.60. The fraction of sp³-hybridized carbons (Fsp3) is 0.435. The molecule has 0 aromatic heterocycles. The molecule has 27 heavy (non-hydrogen) atoms. The smallest absolute Gasteiger partial charge is 0.339 e. The molecule has 3 rings (SSSR count). The van der Waals surface area contributed by atoms with E-state index in [-0.39, 0.29) is 16.4 Å². The van der Waals surface area contributed by atoms with Gasteiger partial charge in [-0.3, -0.25) is 0 Å². The molecule has 0 radical (unpaired) electrons. The summed E-state index contributed by atoms with van der Waals surface area (Å²) >= 11 is 0. The van der Waals surface area contributed by atoms with Crippen molar-refractivity contribution in [2.24, 2.45) is 0 Å². The highest BCUT2D eigenvalue weighted by molar-refractivity contribution is 5.91. The first-order valence-corrected chi connectivity index (χ1v) is 9.32. The zero-order chi connectivity index (χ0) is 19.8. The van der Waals surface area contributed by atoms with Crippen LogP contribution in [0.4, 0.5) is 0 Å². The normalized spacial score (nSPS) is 17.1. The molecule has 0 atom stereocenters. The van der Waals surface area contributed by atoms with Crippen molar-refractivity contribution >= 4 is 5.97 Å². The molecule has 0 amide bonds. The zero-order valence-electron chi connectivity index (χ0n) is 16.8. The molecule has 4 heteroatoms. The maximum atomic E-state index is 11.2. The minimum absolute atomic E-state index is 0.127. The van der Waals surface area contributed by atoms with Crippen LogP contribution >= 0.6 is 0 Å². The molecule has 0 aliphatic heterocycles. The highest BCUT2D eigenvalue weighted by Gasteiger charge is 2.36. The molecular weight excluding hydrogens is 340 g/mol. The van der Waals surface area contributed by atoms with E-state index in [1.165, 1.54) is 37.1 Å². The summed E-state index contributed by atoms with van der Waals surface area (Å²) in [5, 5.41) is 9.18. The summed E-state index contributed by atoms with van der Waals surface area (Å²) in [5.74, 6) is -0.125. The highest BCUT2D eigenvalue weighted by Crippen LogP contribution is 2.45. The van der Waals surface area contributed by atoms with Gasteiger partial charge in [0.1, 0.15) is 23.7 Å². The van der Waals surface area contributed by atoms with Gasteiger partial charge in [0.05, 0.1) is 7.11 Å². The number of benzene rings is 2. The highest BCUT2D eigenvalue weighted by atomic mass is 16.5. The number of hydrogen-bond donors (Lipinski definition) is 1. The first kappa shape index (κ1) is 19.3. The van der Waals surface area contributed by atoms with Crippen LogP contribution in [-0.4, -0.2) is 18.2 Å². The van der Waals surface area contributed by atoms with Gasteiger partial charge in [0.2, 0.25) is 0 Å². The monoisotopic (exact) mass is 368 g/mol. The van der Waals surface area contributed by atoms with Crippen LogP contribution in [0.5, 0.6) is 11.5 Å². The van der Waals surface area contributed by atoms with E-state index < -0.39 is 5.97 Å². The Morgan fingerprint density at radius 1 is 1.00 bits per heavy atom. The molecule has 1 aliphatic rings. The topological polar surface area (TPSA) is 55.8 Å². The van der Waals surface area contributed by atoms with E-state index in [9.17, 15) is 9.90 Å². The molecule has 0 saturated carbocycles. The van der Waals surface area contributed by atoms with E-state index >= 15 is 0 Å². The number of aromatic carboxylic acids is 1. The number of carboxylic acids is 1. The summed E-state index contributed by atoms with van der Waals surface area (Å²) in [6.45, 7) is 9.67. The third kappa shape index (κ3) is 3.80. The summed E-state index contributed by atoms with van der Waals surface area (Å²) in [5.41, 5.74) is 4.43. The van der Waals surface area contributed by atoms with Crippen LogP contribution in [0, 0.1) is 0 Å². The molecule has 0 spiro atoms. The van der Waals surface area contributed by atoms with Crippen LogP contribution in [0.3, 0.4) is 0 Å². The fourth-order valence-electron chi connectivity index (χ4n) is 3.83. The van der Waals surface area contributed by atoms with E-state index in [1.807, 2.05) is 0 Å². The van der Waals surface area contributed by atoms with E-state index in [1.54, 1.807) is 12.1 Å². The molecular formula is C23H28O4. The second-order valence-corrected chi connectivity index (χ2v) is 8.60. The predicted molar refractivity (Wildman–Crippen MR) is 106 cm³/mol. The van der Waals surface area contributed by atoms with E-state index in [2.05, 4.69) is 45.9 Å². The summed E-state index contributed by atoms with van der Waals surface area (Å²) < 4.78 is 11.1. The minimum atomic E-state index is -1.02. The molecule has 144 valence electrons. The Bertz CT molecular complexity index is 865.